The maximum atomic E-state index is 3.84. The summed E-state index contributed by atoms with van der Waals surface area (Å²) in [6.45, 7) is 6.07. The molecule has 1 aliphatic heterocycles. The molecule has 3 rings (SSSR count). The number of hydrogen-bond donors (Lipinski definition) is 1. The molecule has 1 aromatic rings. The van der Waals surface area contributed by atoms with Gasteiger partial charge in [-0.05, 0) is 49.8 Å². The summed E-state index contributed by atoms with van der Waals surface area (Å²) in [6.07, 6.45) is 6.90. The van der Waals surface area contributed by atoms with Crippen molar-refractivity contribution in [1.82, 2.24) is 5.32 Å². The maximum Gasteiger partial charge on any atom is 0.0366 e. The van der Waals surface area contributed by atoms with Gasteiger partial charge in [-0.15, -0.1) is 0 Å². The third-order valence-electron chi connectivity index (χ3n) is 5.32. The minimum atomic E-state index is 0.739. The zero-order chi connectivity index (χ0) is 13.8. The highest BCUT2D eigenvalue weighted by atomic mass is 15.1. The molecule has 1 aromatic carbocycles. The van der Waals surface area contributed by atoms with E-state index in [9.17, 15) is 0 Å². The first-order valence-corrected chi connectivity index (χ1v) is 8.36. The Labute approximate surface area is 123 Å². The molecule has 1 N–H and O–H groups in total. The second-order valence-corrected chi connectivity index (χ2v) is 6.67. The molecule has 1 saturated carbocycles. The van der Waals surface area contributed by atoms with Crippen LogP contribution in [0.4, 0.5) is 5.69 Å². The van der Waals surface area contributed by atoms with E-state index in [-0.39, 0.29) is 0 Å². The average Bonchev–Trinajstić information content (AvgIpc) is 2.92. The summed E-state index contributed by atoms with van der Waals surface area (Å²) < 4.78 is 0. The molecule has 20 heavy (non-hydrogen) atoms. The normalized spacial score (nSPS) is 27.9. The van der Waals surface area contributed by atoms with Gasteiger partial charge in [0, 0.05) is 24.8 Å². The minimum absolute atomic E-state index is 0.739. The lowest BCUT2D eigenvalue weighted by atomic mass is 9.96. The second-order valence-electron chi connectivity index (χ2n) is 6.67. The summed E-state index contributed by atoms with van der Waals surface area (Å²) in [5, 5.41) is 3.84. The monoisotopic (exact) mass is 272 g/mol. The fourth-order valence-electron chi connectivity index (χ4n) is 3.82. The van der Waals surface area contributed by atoms with Crippen LogP contribution in [0.25, 0.3) is 0 Å². The van der Waals surface area contributed by atoms with Gasteiger partial charge in [-0.1, -0.05) is 38.0 Å². The van der Waals surface area contributed by atoms with E-state index in [2.05, 4.69) is 47.5 Å². The van der Waals surface area contributed by atoms with Gasteiger partial charge in [0.2, 0.25) is 0 Å². The van der Waals surface area contributed by atoms with Gasteiger partial charge < -0.3 is 10.2 Å². The molecule has 1 saturated heterocycles. The first kappa shape index (κ1) is 13.9. The molecule has 2 heteroatoms. The highest BCUT2D eigenvalue weighted by molar-refractivity contribution is 5.46. The molecule has 110 valence electrons. The molecule has 2 atom stereocenters. The Bertz CT molecular complexity index is 395. The third kappa shape index (κ3) is 3.35. The van der Waals surface area contributed by atoms with E-state index in [4.69, 9.17) is 0 Å². The smallest absolute Gasteiger partial charge is 0.0366 e. The SMILES string of the molecule is CC1CCCC1CNC1CCN(c2ccccc2)CC1. The molecule has 2 fully saturated rings. The number of anilines is 1. The zero-order valence-electron chi connectivity index (χ0n) is 12.7. The van der Waals surface area contributed by atoms with Crippen LogP contribution in [-0.4, -0.2) is 25.7 Å². The average molecular weight is 272 g/mol. The molecule has 0 amide bonds. The van der Waals surface area contributed by atoms with Crippen molar-refractivity contribution >= 4 is 5.69 Å². The van der Waals surface area contributed by atoms with Crippen molar-refractivity contribution in [1.29, 1.82) is 0 Å². The molecule has 0 spiro atoms. The van der Waals surface area contributed by atoms with Crippen LogP contribution >= 0.6 is 0 Å². The van der Waals surface area contributed by atoms with Crippen molar-refractivity contribution in [3.8, 4) is 0 Å². The summed E-state index contributed by atoms with van der Waals surface area (Å²) in [5.41, 5.74) is 1.38. The second kappa shape index (κ2) is 6.62. The molecule has 2 aliphatic rings. The predicted molar refractivity (Wildman–Crippen MR) is 86.2 cm³/mol. The van der Waals surface area contributed by atoms with E-state index >= 15 is 0 Å². The van der Waals surface area contributed by atoms with Crippen LogP contribution in [0.15, 0.2) is 30.3 Å². The standard InChI is InChI=1S/C18H28N2/c1-15-6-5-7-16(15)14-19-17-10-12-20(13-11-17)18-8-3-2-4-9-18/h2-4,8-9,15-17,19H,5-7,10-14H2,1H3. The number of hydrogen-bond acceptors (Lipinski definition) is 2. The van der Waals surface area contributed by atoms with Crippen LogP contribution in [-0.2, 0) is 0 Å². The summed E-state index contributed by atoms with van der Waals surface area (Å²) in [6, 6.07) is 11.6. The Morgan fingerprint density at radius 3 is 2.45 bits per heavy atom. The van der Waals surface area contributed by atoms with Crippen LogP contribution in [0.2, 0.25) is 0 Å². The molecular formula is C18H28N2. The topological polar surface area (TPSA) is 15.3 Å². The molecule has 0 radical (unpaired) electrons. The number of benzene rings is 1. The van der Waals surface area contributed by atoms with E-state index in [0.29, 0.717) is 0 Å². The summed E-state index contributed by atoms with van der Waals surface area (Å²) in [4.78, 5) is 2.52. The van der Waals surface area contributed by atoms with Crippen LogP contribution in [0.1, 0.15) is 39.0 Å². The van der Waals surface area contributed by atoms with E-state index < -0.39 is 0 Å². The lowest BCUT2D eigenvalue weighted by molar-refractivity contribution is 0.339. The van der Waals surface area contributed by atoms with E-state index in [1.54, 1.807) is 0 Å². The highest BCUT2D eigenvalue weighted by Gasteiger charge is 2.25. The summed E-state index contributed by atoms with van der Waals surface area (Å²) >= 11 is 0. The van der Waals surface area contributed by atoms with Gasteiger partial charge in [0.15, 0.2) is 0 Å². The molecule has 1 aliphatic carbocycles. The molecule has 0 aromatic heterocycles. The first-order valence-electron chi connectivity index (χ1n) is 8.36. The number of nitrogens with one attached hydrogen (secondary N) is 1. The van der Waals surface area contributed by atoms with Crippen molar-refractivity contribution < 1.29 is 0 Å². The van der Waals surface area contributed by atoms with Crippen molar-refractivity contribution in [3.63, 3.8) is 0 Å². The van der Waals surface area contributed by atoms with Crippen molar-refractivity contribution in [2.24, 2.45) is 11.8 Å². The van der Waals surface area contributed by atoms with Gasteiger partial charge in [-0.2, -0.15) is 0 Å². The number of rotatable bonds is 4. The molecule has 2 unspecified atom stereocenters. The van der Waals surface area contributed by atoms with Gasteiger partial charge in [0.05, 0.1) is 0 Å². The Morgan fingerprint density at radius 1 is 1.05 bits per heavy atom. The predicted octanol–water partition coefficient (Wildman–Crippen LogP) is 3.68. The first-order chi connectivity index (χ1) is 9.83. The summed E-state index contributed by atoms with van der Waals surface area (Å²) in [7, 11) is 0. The van der Waals surface area contributed by atoms with Gasteiger partial charge in [0.1, 0.15) is 0 Å². The molecule has 2 nitrogen and oxygen atoms in total. The third-order valence-corrected chi connectivity index (χ3v) is 5.32. The Kier molecular flexibility index (Phi) is 4.62. The van der Waals surface area contributed by atoms with Gasteiger partial charge in [-0.25, -0.2) is 0 Å². The summed E-state index contributed by atoms with van der Waals surface area (Å²) in [5.74, 6) is 1.87. The van der Waals surface area contributed by atoms with E-state index in [0.717, 1.165) is 17.9 Å². The lowest BCUT2D eigenvalue weighted by Gasteiger charge is -2.34. The van der Waals surface area contributed by atoms with E-state index in [1.165, 1.54) is 57.4 Å². The van der Waals surface area contributed by atoms with Gasteiger partial charge in [0.25, 0.3) is 0 Å². The number of piperidine rings is 1. The van der Waals surface area contributed by atoms with Crippen LogP contribution in [0.3, 0.4) is 0 Å². The Hall–Kier alpha value is -1.02. The largest absolute Gasteiger partial charge is 0.371 e. The van der Waals surface area contributed by atoms with Crippen molar-refractivity contribution in [3.05, 3.63) is 30.3 Å². The molecule has 1 heterocycles. The fourth-order valence-corrected chi connectivity index (χ4v) is 3.82. The Morgan fingerprint density at radius 2 is 1.80 bits per heavy atom. The molecular weight excluding hydrogens is 244 g/mol. The van der Waals surface area contributed by atoms with Crippen LogP contribution in [0, 0.1) is 11.8 Å². The fraction of sp³-hybridized carbons (Fsp3) is 0.667. The minimum Gasteiger partial charge on any atom is -0.371 e. The van der Waals surface area contributed by atoms with Crippen LogP contribution in [0.5, 0.6) is 0 Å². The van der Waals surface area contributed by atoms with Gasteiger partial charge >= 0.3 is 0 Å². The van der Waals surface area contributed by atoms with Crippen LogP contribution < -0.4 is 10.2 Å². The maximum absolute atomic E-state index is 3.84. The van der Waals surface area contributed by atoms with Crippen molar-refractivity contribution in [2.75, 3.05) is 24.5 Å². The van der Waals surface area contributed by atoms with E-state index in [1.807, 2.05) is 0 Å². The van der Waals surface area contributed by atoms with Crippen molar-refractivity contribution in [2.45, 2.75) is 45.1 Å². The Balaban J connectivity index is 1.42. The lowest BCUT2D eigenvalue weighted by Crippen LogP contribution is -2.44. The number of nitrogens with zero attached hydrogens (tertiary/aromatic N) is 1. The quantitative estimate of drug-likeness (QED) is 0.899. The molecule has 0 bridgehead atoms. The number of para-hydroxylation sites is 1. The zero-order valence-corrected chi connectivity index (χ0v) is 12.7. The van der Waals surface area contributed by atoms with Gasteiger partial charge in [-0.3, -0.25) is 0 Å². The highest BCUT2D eigenvalue weighted by Crippen LogP contribution is 2.30.